The smallest absolute Gasteiger partial charge is 0.416 e. The SMILES string of the molecule is Cc1cccc(-c2nc(CO[C@H]3CCC[C@@H](OCC(OCc4cccc(C(F)(F)F)c4)C(=O)O)C3)c(C)o2)c1. The molecular weight excluding hydrogens is 515 g/mol. The molecule has 210 valence electrons. The largest absolute Gasteiger partial charge is 0.479 e. The molecule has 0 spiro atoms. The van der Waals surface area contributed by atoms with Crippen molar-refractivity contribution >= 4 is 5.97 Å². The average Bonchev–Trinajstić information content (AvgIpc) is 3.27. The van der Waals surface area contributed by atoms with Crippen molar-refractivity contribution in [2.75, 3.05) is 6.61 Å². The van der Waals surface area contributed by atoms with Crippen LogP contribution in [-0.4, -0.2) is 41.0 Å². The first-order valence-electron chi connectivity index (χ1n) is 12.9. The Labute approximate surface area is 224 Å². The van der Waals surface area contributed by atoms with Crippen LogP contribution >= 0.6 is 0 Å². The van der Waals surface area contributed by atoms with Crippen LogP contribution in [-0.2, 0) is 38.4 Å². The number of carboxylic acid groups (broad SMARTS) is 1. The number of aromatic nitrogens is 1. The van der Waals surface area contributed by atoms with Crippen molar-refractivity contribution in [3.05, 3.63) is 76.7 Å². The van der Waals surface area contributed by atoms with E-state index in [1.165, 1.54) is 12.1 Å². The summed E-state index contributed by atoms with van der Waals surface area (Å²) in [4.78, 5) is 16.3. The minimum absolute atomic E-state index is 0.0865. The van der Waals surface area contributed by atoms with Crippen LogP contribution in [0, 0.1) is 13.8 Å². The van der Waals surface area contributed by atoms with Gasteiger partial charge >= 0.3 is 12.1 Å². The van der Waals surface area contributed by atoms with E-state index in [-0.39, 0.29) is 37.6 Å². The molecule has 2 aromatic carbocycles. The van der Waals surface area contributed by atoms with Gasteiger partial charge in [-0.25, -0.2) is 9.78 Å². The van der Waals surface area contributed by atoms with Crippen molar-refractivity contribution in [1.29, 1.82) is 0 Å². The fourth-order valence-corrected chi connectivity index (χ4v) is 4.51. The zero-order valence-electron chi connectivity index (χ0n) is 21.9. The molecule has 0 amide bonds. The van der Waals surface area contributed by atoms with Gasteiger partial charge in [0.1, 0.15) is 11.5 Å². The van der Waals surface area contributed by atoms with E-state index in [0.29, 0.717) is 18.1 Å². The predicted molar refractivity (Wildman–Crippen MR) is 136 cm³/mol. The second-order valence-electron chi connectivity index (χ2n) is 9.78. The molecule has 3 aromatic rings. The standard InChI is InChI=1S/C29H32F3NO6/c1-18-6-3-8-21(12-18)27-33-25(19(2)39-27)16-36-23-10-5-11-24(14-23)37-17-26(28(34)35)38-15-20-7-4-9-22(13-20)29(30,31)32/h3-4,6-9,12-13,23-24,26H,5,10-11,14-17H2,1-2H3,(H,34,35)/t23-,24+,26?/m0/s1. The predicted octanol–water partition coefficient (Wildman–Crippen LogP) is 6.49. The number of hydrogen-bond acceptors (Lipinski definition) is 6. The maximum absolute atomic E-state index is 12.9. The van der Waals surface area contributed by atoms with E-state index in [0.717, 1.165) is 48.2 Å². The molecule has 1 aliphatic rings. The fourth-order valence-electron chi connectivity index (χ4n) is 4.51. The van der Waals surface area contributed by atoms with E-state index in [4.69, 9.17) is 18.6 Å². The molecule has 0 radical (unpaired) electrons. The number of rotatable bonds is 11. The van der Waals surface area contributed by atoms with Gasteiger partial charge in [0.2, 0.25) is 5.89 Å². The van der Waals surface area contributed by atoms with Crippen molar-refractivity contribution in [1.82, 2.24) is 4.98 Å². The van der Waals surface area contributed by atoms with Gasteiger partial charge in [-0.05, 0) is 69.4 Å². The molecule has 3 atom stereocenters. The van der Waals surface area contributed by atoms with Crippen molar-refractivity contribution in [3.8, 4) is 11.5 Å². The second kappa shape index (κ2) is 12.8. The Bertz CT molecular complexity index is 1260. The molecule has 1 aliphatic carbocycles. The molecule has 10 heteroatoms. The minimum atomic E-state index is -4.49. The van der Waals surface area contributed by atoms with Gasteiger partial charge in [-0.1, -0.05) is 29.8 Å². The Morgan fingerprint density at radius 3 is 2.54 bits per heavy atom. The van der Waals surface area contributed by atoms with Gasteiger partial charge < -0.3 is 23.7 Å². The van der Waals surface area contributed by atoms with Gasteiger partial charge in [0, 0.05) is 5.56 Å². The summed E-state index contributed by atoms with van der Waals surface area (Å²) < 4.78 is 62.0. The molecule has 1 unspecified atom stereocenters. The number of ether oxygens (including phenoxy) is 3. The molecule has 1 N–H and O–H groups in total. The summed E-state index contributed by atoms with van der Waals surface area (Å²) in [5.74, 6) is -0.00154. The maximum atomic E-state index is 12.9. The summed E-state index contributed by atoms with van der Waals surface area (Å²) in [5, 5.41) is 9.53. The lowest BCUT2D eigenvalue weighted by molar-refractivity contribution is -0.159. The Hall–Kier alpha value is -3.21. The topological polar surface area (TPSA) is 91.0 Å². The van der Waals surface area contributed by atoms with Crippen LogP contribution in [0.25, 0.3) is 11.5 Å². The number of benzene rings is 2. The van der Waals surface area contributed by atoms with Crippen molar-refractivity contribution in [2.45, 2.75) is 77.2 Å². The van der Waals surface area contributed by atoms with Crippen LogP contribution in [0.3, 0.4) is 0 Å². The minimum Gasteiger partial charge on any atom is -0.479 e. The molecule has 7 nitrogen and oxygen atoms in total. The fraction of sp³-hybridized carbons (Fsp3) is 0.448. The van der Waals surface area contributed by atoms with Gasteiger partial charge in [0.05, 0.1) is 37.6 Å². The van der Waals surface area contributed by atoms with E-state index in [9.17, 15) is 23.1 Å². The highest BCUT2D eigenvalue weighted by molar-refractivity contribution is 5.72. The number of aliphatic carboxylic acids is 1. The van der Waals surface area contributed by atoms with Crippen LogP contribution in [0.2, 0.25) is 0 Å². The van der Waals surface area contributed by atoms with Crippen molar-refractivity contribution in [2.24, 2.45) is 0 Å². The molecule has 1 aromatic heterocycles. The summed E-state index contributed by atoms with van der Waals surface area (Å²) >= 11 is 0. The molecular formula is C29H32F3NO6. The third kappa shape index (κ3) is 8.14. The van der Waals surface area contributed by atoms with E-state index in [2.05, 4.69) is 4.98 Å². The Morgan fingerprint density at radius 1 is 1.08 bits per heavy atom. The highest BCUT2D eigenvalue weighted by Crippen LogP contribution is 2.30. The summed E-state index contributed by atoms with van der Waals surface area (Å²) in [6, 6.07) is 12.5. The Morgan fingerprint density at radius 2 is 1.82 bits per heavy atom. The number of nitrogens with zero attached hydrogens (tertiary/aromatic N) is 1. The number of hydrogen-bond donors (Lipinski definition) is 1. The zero-order chi connectivity index (χ0) is 28.0. The monoisotopic (exact) mass is 547 g/mol. The lowest BCUT2D eigenvalue weighted by Gasteiger charge is -2.29. The first-order valence-corrected chi connectivity index (χ1v) is 12.9. The van der Waals surface area contributed by atoms with Crippen molar-refractivity contribution < 1.29 is 41.7 Å². The van der Waals surface area contributed by atoms with Gasteiger partial charge in [0.15, 0.2) is 6.10 Å². The van der Waals surface area contributed by atoms with Gasteiger partial charge in [-0.3, -0.25) is 0 Å². The van der Waals surface area contributed by atoms with E-state index >= 15 is 0 Å². The summed E-state index contributed by atoms with van der Waals surface area (Å²) in [7, 11) is 0. The molecule has 1 heterocycles. The lowest BCUT2D eigenvalue weighted by atomic mass is 9.95. The number of oxazole rings is 1. The molecule has 4 rings (SSSR count). The molecule has 1 saturated carbocycles. The molecule has 1 fully saturated rings. The zero-order valence-corrected chi connectivity index (χ0v) is 21.9. The van der Waals surface area contributed by atoms with Crippen LogP contribution in [0.15, 0.2) is 52.9 Å². The quantitative estimate of drug-likeness (QED) is 0.293. The number of carboxylic acids is 1. The van der Waals surface area contributed by atoms with E-state index in [1.54, 1.807) is 0 Å². The van der Waals surface area contributed by atoms with Crippen molar-refractivity contribution in [3.63, 3.8) is 0 Å². The highest BCUT2D eigenvalue weighted by Gasteiger charge is 2.31. The van der Waals surface area contributed by atoms with Gasteiger partial charge in [-0.2, -0.15) is 13.2 Å². The van der Waals surface area contributed by atoms with Gasteiger partial charge in [0.25, 0.3) is 0 Å². The molecule has 0 aliphatic heterocycles. The van der Waals surface area contributed by atoms with Crippen LogP contribution in [0.4, 0.5) is 13.2 Å². The Balaban J connectivity index is 1.26. The number of alkyl halides is 3. The normalized spacial score (nSPS) is 18.7. The van der Waals surface area contributed by atoms with Crippen LogP contribution in [0.1, 0.15) is 53.8 Å². The third-order valence-corrected chi connectivity index (χ3v) is 6.66. The highest BCUT2D eigenvalue weighted by atomic mass is 19.4. The summed E-state index contributed by atoms with van der Waals surface area (Å²) in [6.07, 6.45) is -3.07. The molecule has 39 heavy (non-hydrogen) atoms. The van der Waals surface area contributed by atoms with E-state index < -0.39 is 23.8 Å². The number of aryl methyl sites for hydroxylation is 2. The van der Waals surface area contributed by atoms with Gasteiger partial charge in [-0.15, -0.1) is 0 Å². The number of halogens is 3. The van der Waals surface area contributed by atoms with E-state index in [1.807, 2.05) is 38.1 Å². The second-order valence-corrected chi connectivity index (χ2v) is 9.78. The molecule has 0 bridgehead atoms. The van der Waals surface area contributed by atoms with Crippen LogP contribution in [0.5, 0.6) is 0 Å². The number of carbonyl (C=O) groups is 1. The first kappa shape index (κ1) is 28.8. The molecule has 0 saturated heterocycles. The summed E-state index contributed by atoms with van der Waals surface area (Å²) in [5.41, 5.74) is 2.16. The van der Waals surface area contributed by atoms with Crippen LogP contribution < -0.4 is 0 Å². The average molecular weight is 548 g/mol. The maximum Gasteiger partial charge on any atom is 0.416 e. The Kier molecular flexibility index (Phi) is 9.42. The first-order chi connectivity index (χ1) is 18.6. The lowest BCUT2D eigenvalue weighted by Crippen LogP contribution is -2.34. The third-order valence-electron chi connectivity index (χ3n) is 6.66. The summed E-state index contributed by atoms with van der Waals surface area (Å²) in [6.45, 7) is 3.65.